The lowest BCUT2D eigenvalue weighted by atomic mass is 10.2. The van der Waals surface area contributed by atoms with Crippen molar-refractivity contribution in [3.8, 4) is 5.75 Å². The highest BCUT2D eigenvalue weighted by atomic mass is 79.9. The Morgan fingerprint density at radius 3 is 2.41 bits per heavy atom. The van der Waals surface area contributed by atoms with Gasteiger partial charge in [0.05, 0.1) is 11.8 Å². The molecule has 0 saturated heterocycles. The minimum atomic E-state index is -0.931. The lowest BCUT2D eigenvalue weighted by molar-refractivity contribution is -0.136. The maximum absolute atomic E-state index is 12.2. The van der Waals surface area contributed by atoms with Gasteiger partial charge in [-0.25, -0.2) is 10.2 Å². The van der Waals surface area contributed by atoms with Gasteiger partial charge in [-0.15, -0.1) is 0 Å². The Bertz CT molecular complexity index is 1200. The molecule has 2 amide bonds. The Kier molecular flexibility index (Phi) is 7.75. The van der Waals surface area contributed by atoms with Crippen LogP contribution < -0.4 is 15.5 Å². The Morgan fingerprint density at radius 1 is 0.969 bits per heavy atom. The molecule has 0 aliphatic rings. The van der Waals surface area contributed by atoms with Crippen LogP contribution in [0.2, 0.25) is 5.02 Å². The van der Waals surface area contributed by atoms with Crippen molar-refractivity contribution in [2.24, 2.45) is 5.10 Å². The third kappa shape index (κ3) is 6.03. The summed E-state index contributed by atoms with van der Waals surface area (Å²) in [5, 5.41) is 6.73. The predicted molar refractivity (Wildman–Crippen MR) is 126 cm³/mol. The SMILES string of the molecule is Cc1c(Cl)cccc1NC(=O)C(=O)N/N=C\c1ccc(OC(=O)c2ccccc2Br)cc1. The minimum absolute atomic E-state index is 0.350. The van der Waals surface area contributed by atoms with E-state index in [0.717, 1.165) is 0 Å². The van der Waals surface area contributed by atoms with E-state index in [0.29, 0.717) is 37.6 Å². The Balaban J connectivity index is 1.53. The highest BCUT2D eigenvalue weighted by molar-refractivity contribution is 9.10. The molecule has 0 aliphatic carbocycles. The number of benzene rings is 3. The summed E-state index contributed by atoms with van der Waals surface area (Å²) in [5.74, 6) is -1.95. The van der Waals surface area contributed by atoms with Crippen LogP contribution in [0.25, 0.3) is 0 Å². The molecule has 2 N–H and O–H groups in total. The van der Waals surface area contributed by atoms with Crippen molar-refractivity contribution in [1.29, 1.82) is 0 Å². The zero-order chi connectivity index (χ0) is 23.1. The van der Waals surface area contributed by atoms with Crippen LogP contribution in [0.15, 0.2) is 76.3 Å². The van der Waals surface area contributed by atoms with Gasteiger partial charge < -0.3 is 10.1 Å². The fourth-order valence-electron chi connectivity index (χ4n) is 2.55. The number of esters is 1. The number of anilines is 1. The summed E-state index contributed by atoms with van der Waals surface area (Å²) in [7, 11) is 0. The van der Waals surface area contributed by atoms with Crippen LogP contribution in [0.4, 0.5) is 5.69 Å². The number of carbonyl (C=O) groups is 3. The van der Waals surface area contributed by atoms with Gasteiger partial charge in [0.1, 0.15) is 5.75 Å². The van der Waals surface area contributed by atoms with Crippen LogP contribution in [0.3, 0.4) is 0 Å². The van der Waals surface area contributed by atoms with E-state index in [2.05, 4.69) is 31.8 Å². The molecule has 0 fully saturated rings. The number of hydrazone groups is 1. The standard InChI is InChI=1S/C23H17BrClN3O4/c1-14-19(25)7-4-8-20(14)27-21(29)22(30)28-26-13-15-9-11-16(12-10-15)32-23(31)17-5-2-3-6-18(17)24/h2-13H,1H3,(H,27,29)(H,28,30)/b26-13-. The summed E-state index contributed by atoms with van der Waals surface area (Å²) in [6, 6.07) is 18.4. The van der Waals surface area contributed by atoms with Gasteiger partial charge in [-0.05, 0) is 82.5 Å². The van der Waals surface area contributed by atoms with Crippen LogP contribution in [-0.2, 0) is 9.59 Å². The maximum atomic E-state index is 12.2. The summed E-state index contributed by atoms with van der Waals surface area (Å²) in [6.45, 7) is 1.73. The molecule has 3 aromatic carbocycles. The zero-order valence-corrected chi connectivity index (χ0v) is 19.1. The predicted octanol–water partition coefficient (Wildman–Crippen LogP) is 4.72. The summed E-state index contributed by atoms with van der Waals surface area (Å²) in [4.78, 5) is 36.2. The molecule has 0 saturated carbocycles. The van der Waals surface area contributed by atoms with Crippen molar-refractivity contribution in [3.63, 3.8) is 0 Å². The van der Waals surface area contributed by atoms with E-state index in [9.17, 15) is 14.4 Å². The Hall–Kier alpha value is -3.49. The first-order chi connectivity index (χ1) is 15.3. The molecule has 9 heteroatoms. The first-order valence-electron chi connectivity index (χ1n) is 9.31. The lowest BCUT2D eigenvalue weighted by Crippen LogP contribution is -2.32. The molecule has 7 nitrogen and oxygen atoms in total. The molecular formula is C23H17BrClN3O4. The molecule has 3 aromatic rings. The van der Waals surface area contributed by atoms with Gasteiger partial charge in [0.2, 0.25) is 0 Å². The number of ether oxygens (including phenoxy) is 1. The fourth-order valence-corrected chi connectivity index (χ4v) is 3.17. The fraction of sp³-hybridized carbons (Fsp3) is 0.0435. The molecule has 3 rings (SSSR count). The molecule has 0 spiro atoms. The largest absolute Gasteiger partial charge is 0.423 e. The quantitative estimate of drug-likeness (QED) is 0.169. The van der Waals surface area contributed by atoms with Crippen molar-refractivity contribution >= 4 is 57.2 Å². The summed E-state index contributed by atoms with van der Waals surface area (Å²) < 4.78 is 5.98. The molecule has 0 aromatic heterocycles. The highest BCUT2D eigenvalue weighted by Gasteiger charge is 2.15. The number of carbonyl (C=O) groups excluding carboxylic acids is 3. The number of hydrogen-bond donors (Lipinski definition) is 2. The van der Waals surface area contributed by atoms with E-state index in [1.54, 1.807) is 73.7 Å². The van der Waals surface area contributed by atoms with E-state index in [1.807, 2.05) is 0 Å². The second-order valence-electron chi connectivity index (χ2n) is 6.50. The van der Waals surface area contributed by atoms with Crippen molar-refractivity contribution in [1.82, 2.24) is 5.43 Å². The maximum Gasteiger partial charge on any atom is 0.344 e. The second kappa shape index (κ2) is 10.7. The van der Waals surface area contributed by atoms with E-state index in [4.69, 9.17) is 16.3 Å². The van der Waals surface area contributed by atoms with E-state index < -0.39 is 17.8 Å². The topological polar surface area (TPSA) is 96.9 Å². The molecular weight excluding hydrogens is 498 g/mol. The Morgan fingerprint density at radius 2 is 1.69 bits per heavy atom. The number of hydrogen-bond acceptors (Lipinski definition) is 5. The van der Waals surface area contributed by atoms with Gasteiger partial charge >= 0.3 is 17.8 Å². The lowest BCUT2D eigenvalue weighted by Gasteiger charge is -2.08. The number of halogens is 2. The first kappa shape index (κ1) is 23.2. The number of nitrogens with one attached hydrogen (secondary N) is 2. The summed E-state index contributed by atoms with van der Waals surface area (Å²) in [5.41, 5.74) is 4.28. The van der Waals surface area contributed by atoms with Gasteiger partial charge in [-0.2, -0.15) is 5.10 Å². The third-order valence-electron chi connectivity index (χ3n) is 4.29. The number of nitrogens with zero attached hydrogens (tertiary/aromatic N) is 1. The van der Waals surface area contributed by atoms with Gasteiger partial charge in [0.15, 0.2) is 0 Å². The van der Waals surface area contributed by atoms with Crippen LogP contribution in [0.1, 0.15) is 21.5 Å². The number of rotatable bonds is 5. The van der Waals surface area contributed by atoms with E-state index >= 15 is 0 Å². The normalized spacial score (nSPS) is 10.6. The van der Waals surface area contributed by atoms with Crippen LogP contribution in [-0.4, -0.2) is 24.0 Å². The van der Waals surface area contributed by atoms with Crippen molar-refractivity contribution in [2.45, 2.75) is 6.92 Å². The summed E-state index contributed by atoms with van der Waals surface area (Å²) in [6.07, 6.45) is 1.36. The molecule has 0 heterocycles. The molecule has 162 valence electrons. The van der Waals surface area contributed by atoms with Gasteiger partial charge in [0.25, 0.3) is 0 Å². The molecule has 0 radical (unpaired) electrons. The smallest absolute Gasteiger partial charge is 0.344 e. The zero-order valence-electron chi connectivity index (χ0n) is 16.8. The van der Waals surface area contributed by atoms with Crippen LogP contribution in [0, 0.1) is 6.92 Å². The van der Waals surface area contributed by atoms with Crippen molar-refractivity contribution < 1.29 is 19.1 Å². The molecule has 0 atom stereocenters. The minimum Gasteiger partial charge on any atom is -0.423 e. The molecule has 0 unspecified atom stereocenters. The van der Waals surface area contributed by atoms with Crippen molar-refractivity contribution in [3.05, 3.63) is 92.9 Å². The van der Waals surface area contributed by atoms with Gasteiger partial charge in [-0.1, -0.05) is 29.8 Å². The Labute approximate surface area is 197 Å². The van der Waals surface area contributed by atoms with Crippen LogP contribution >= 0.6 is 27.5 Å². The van der Waals surface area contributed by atoms with Crippen molar-refractivity contribution in [2.75, 3.05) is 5.32 Å². The average Bonchev–Trinajstić information content (AvgIpc) is 2.78. The highest BCUT2D eigenvalue weighted by Crippen LogP contribution is 2.23. The second-order valence-corrected chi connectivity index (χ2v) is 7.77. The molecule has 0 bridgehead atoms. The monoisotopic (exact) mass is 513 g/mol. The molecule has 32 heavy (non-hydrogen) atoms. The van der Waals surface area contributed by atoms with Crippen LogP contribution in [0.5, 0.6) is 5.75 Å². The summed E-state index contributed by atoms with van der Waals surface area (Å²) >= 11 is 9.31. The first-order valence-corrected chi connectivity index (χ1v) is 10.5. The molecule has 0 aliphatic heterocycles. The van der Waals surface area contributed by atoms with Gasteiger partial charge in [-0.3, -0.25) is 9.59 Å². The number of amides is 2. The van der Waals surface area contributed by atoms with Gasteiger partial charge in [0, 0.05) is 15.2 Å². The average molecular weight is 515 g/mol. The third-order valence-corrected chi connectivity index (χ3v) is 5.39. The van der Waals surface area contributed by atoms with E-state index in [1.165, 1.54) is 6.21 Å². The van der Waals surface area contributed by atoms with E-state index in [-0.39, 0.29) is 0 Å².